The zero-order chi connectivity index (χ0) is 15.8. The van der Waals surface area contributed by atoms with Crippen molar-refractivity contribution in [1.82, 2.24) is 10.2 Å². The van der Waals surface area contributed by atoms with E-state index in [1.54, 1.807) is 6.92 Å². The van der Waals surface area contributed by atoms with E-state index >= 15 is 0 Å². The monoisotopic (exact) mass is 284 g/mol. The lowest BCUT2D eigenvalue weighted by Crippen LogP contribution is -2.41. The van der Waals surface area contributed by atoms with Crippen molar-refractivity contribution in [2.45, 2.75) is 38.6 Å². The second kappa shape index (κ2) is 4.92. The van der Waals surface area contributed by atoms with Gasteiger partial charge in [0.25, 0.3) is 5.91 Å². The Bertz CT molecular complexity index is 620. The smallest absolute Gasteiger partial charge is 0.319 e. The van der Waals surface area contributed by atoms with E-state index in [9.17, 15) is 9.59 Å². The number of nitrogens with zero attached hydrogens (tertiary/aromatic N) is 1. The molecular formula is C17H20N2O2. The molecule has 0 spiro atoms. The molecule has 4 nitrogen and oxygen atoms in total. The molecule has 0 saturated carbocycles. The molecule has 1 aliphatic heterocycles. The number of rotatable bonds is 2. The van der Waals surface area contributed by atoms with Crippen LogP contribution in [-0.2, 0) is 15.7 Å². The van der Waals surface area contributed by atoms with Crippen molar-refractivity contribution >= 4 is 11.9 Å². The summed E-state index contributed by atoms with van der Waals surface area (Å²) in [6.07, 6.45) is 5.20. The van der Waals surface area contributed by atoms with Gasteiger partial charge in [0.1, 0.15) is 5.54 Å². The number of hydrogen-bond acceptors (Lipinski definition) is 2. The predicted octanol–water partition coefficient (Wildman–Crippen LogP) is 2.38. The summed E-state index contributed by atoms with van der Waals surface area (Å²) in [6, 6.07) is 7.31. The molecule has 0 aromatic heterocycles. The van der Waals surface area contributed by atoms with Crippen LogP contribution < -0.4 is 5.32 Å². The van der Waals surface area contributed by atoms with E-state index < -0.39 is 11.6 Å². The zero-order valence-corrected chi connectivity index (χ0v) is 12.9. The number of urea groups is 1. The fourth-order valence-corrected chi connectivity index (χ4v) is 2.43. The fourth-order valence-electron chi connectivity index (χ4n) is 2.43. The second-order valence-corrected chi connectivity index (χ2v) is 6.48. The van der Waals surface area contributed by atoms with Crippen LogP contribution in [0.4, 0.5) is 4.79 Å². The summed E-state index contributed by atoms with van der Waals surface area (Å²) in [5.74, 6) is 2.02. The number of hydrogen-bond donors (Lipinski definition) is 1. The lowest BCUT2D eigenvalue weighted by molar-refractivity contribution is -0.130. The first-order valence-electron chi connectivity index (χ1n) is 6.89. The molecular weight excluding hydrogens is 264 g/mol. The average Bonchev–Trinajstić information content (AvgIpc) is 2.63. The molecule has 1 atom stereocenters. The minimum Gasteiger partial charge on any atom is -0.319 e. The highest BCUT2D eigenvalue weighted by Gasteiger charge is 2.48. The van der Waals surface area contributed by atoms with Crippen LogP contribution in [0.3, 0.4) is 0 Å². The van der Waals surface area contributed by atoms with Gasteiger partial charge in [-0.3, -0.25) is 9.69 Å². The van der Waals surface area contributed by atoms with Gasteiger partial charge in [0.05, 0.1) is 6.54 Å². The Morgan fingerprint density at radius 1 is 1.24 bits per heavy atom. The van der Waals surface area contributed by atoms with Crippen LogP contribution in [0.5, 0.6) is 0 Å². The third-order valence-electron chi connectivity index (χ3n) is 3.85. The highest BCUT2D eigenvalue weighted by molar-refractivity contribution is 6.07. The van der Waals surface area contributed by atoms with Gasteiger partial charge in [-0.15, -0.1) is 6.42 Å². The van der Waals surface area contributed by atoms with E-state index in [0.717, 1.165) is 10.5 Å². The van der Waals surface area contributed by atoms with Crippen LogP contribution in [0.15, 0.2) is 24.3 Å². The summed E-state index contributed by atoms with van der Waals surface area (Å²) in [4.78, 5) is 25.4. The highest BCUT2D eigenvalue weighted by atomic mass is 16.2. The molecule has 2 rings (SSSR count). The normalized spacial score (nSPS) is 22.1. The fraction of sp³-hybridized carbons (Fsp3) is 0.412. The third-order valence-corrected chi connectivity index (χ3v) is 3.85. The van der Waals surface area contributed by atoms with Gasteiger partial charge in [0.2, 0.25) is 0 Å². The Morgan fingerprint density at radius 3 is 2.29 bits per heavy atom. The van der Waals surface area contributed by atoms with Crippen molar-refractivity contribution in [1.29, 1.82) is 0 Å². The molecule has 0 bridgehead atoms. The number of benzene rings is 1. The van der Waals surface area contributed by atoms with E-state index in [0.29, 0.717) is 0 Å². The van der Waals surface area contributed by atoms with Crippen LogP contribution in [0.2, 0.25) is 0 Å². The summed E-state index contributed by atoms with van der Waals surface area (Å²) in [5, 5.41) is 2.73. The summed E-state index contributed by atoms with van der Waals surface area (Å²) in [5.41, 5.74) is 0.919. The lowest BCUT2D eigenvalue weighted by atomic mass is 9.84. The average molecular weight is 284 g/mol. The molecule has 1 heterocycles. The first-order valence-corrected chi connectivity index (χ1v) is 6.89. The van der Waals surface area contributed by atoms with Gasteiger partial charge in [-0.2, -0.15) is 0 Å². The Balaban J connectivity index is 2.36. The summed E-state index contributed by atoms with van der Waals surface area (Å²) < 4.78 is 0. The van der Waals surface area contributed by atoms with Gasteiger partial charge < -0.3 is 5.32 Å². The maximum absolute atomic E-state index is 12.5. The highest BCUT2D eigenvalue weighted by Crippen LogP contribution is 2.30. The van der Waals surface area contributed by atoms with Crippen molar-refractivity contribution in [3.8, 4) is 12.3 Å². The molecule has 1 unspecified atom stereocenters. The van der Waals surface area contributed by atoms with Crippen molar-refractivity contribution in [2.24, 2.45) is 0 Å². The molecule has 0 radical (unpaired) electrons. The topological polar surface area (TPSA) is 49.4 Å². The van der Waals surface area contributed by atoms with Gasteiger partial charge in [-0.25, -0.2) is 4.79 Å². The molecule has 21 heavy (non-hydrogen) atoms. The van der Waals surface area contributed by atoms with Gasteiger partial charge in [0.15, 0.2) is 0 Å². The van der Waals surface area contributed by atoms with E-state index in [1.807, 2.05) is 24.3 Å². The molecule has 1 aromatic rings. The lowest BCUT2D eigenvalue weighted by Gasteiger charge is -2.24. The van der Waals surface area contributed by atoms with Crippen LogP contribution >= 0.6 is 0 Å². The van der Waals surface area contributed by atoms with E-state index in [2.05, 4.69) is 32.0 Å². The molecule has 1 aliphatic rings. The van der Waals surface area contributed by atoms with Gasteiger partial charge in [-0.1, -0.05) is 51.0 Å². The maximum atomic E-state index is 12.5. The van der Waals surface area contributed by atoms with E-state index in [4.69, 9.17) is 6.42 Å². The van der Waals surface area contributed by atoms with Crippen LogP contribution in [-0.4, -0.2) is 23.4 Å². The zero-order valence-electron chi connectivity index (χ0n) is 12.9. The molecule has 1 aromatic carbocycles. The molecule has 1 saturated heterocycles. The molecule has 0 aliphatic carbocycles. The molecule has 1 fully saturated rings. The van der Waals surface area contributed by atoms with Crippen LogP contribution in [0.1, 0.15) is 38.8 Å². The number of carbonyl (C=O) groups excluding carboxylic acids is 2. The van der Waals surface area contributed by atoms with E-state index in [-0.39, 0.29) is 17.9 Å². The molecule has 110 valence electrons. The van der Waals surface area contributed by atoms with Crippen LogP contribution in [0.25, 0.3) is 0 Å². The Hall–Kier alpha value is -2.28. The number of terminal acetylenes is 1. The first kappa shape index (κ1) is 15.1. The van der Waals surface area contributed by atoms with Crippen LogP contribution in [0, 0.1) is 12.3 Å². The summed E-state index contributed by atoms with van der Waals surface area (Å²) in [6.45, 7) is 8.07. The third kappa shape index (κ3) is 2.52. The SMILES string of the molecule is C#CCN1C(=O)NC(C)(c2ccc(C(C)(C)C)cc2)C1=O. The minimum atomic E-state index is -1.05. The first-order chi connectivity index (χ1) is 9.70. The Labute approximate surface area is 125 Å². The Kier molecular flexibility index (Phi) is 3.54. The maximum Gasteiger partial charge on any atom is 0.326 e. The van der Waals surface area contributed by atoms with Gasteiger partial charge >= 0.3 is 6.03 Å². The number of carbonyl (C=O) groups is 2. The quantitative estimate of drug-likeness (QED) is 0.669. The molecule has 3 amide bonds. The molecule has 4 heteroatoms. The van der Waals surface area contributed by atoms with Gasteiger partial charge in [0, 0.05) is 0 Å². The number of amides is 3. The van der Waals surface area contributed by atoms with Crippen molar-refractivity contribution < 1.29 is 9.59 Å². The minimum absolute atomic E-state index is 0.0136. The molecule has 1 N–H and O–H groups in total. The predicted molar refractivity (Wildman–Crippen MR) is 81.6 cm³/mol. The van der Waals surface area contributed by atoms with Crippen molar-refractivity contribution in [3.63, 3.8) is 0 Å². The second-order valence-electron chi connectivity index (χ2n) is 6.48. The van der Waals surface area contributed by atoms with Gasteiger partial charge in [-0.05, 0) is 23.5 Å². The number of nitrogens with one attached hydrogen (secondary N) is 1. The largest absolute Gasteiger partial charge is 0.326 e. The van der Waals surface area contributed by atoms with E-state index in [1.165, 1.54) is 5.56 Å². The van der Waals surface area contributed by atoms with Crippen molar-refractivity contribution in [2.75, 3.05) is 6.54 Å². The number of imide groups is 1. The standard InChI is InChI=1S/C17H20N2O2/c1-6-11-19-14(20)17(5,18-15(19)21)13-9-7-12(8-10-13)16(2,3)4/h1,7-10H,11H2,2-5H3,(H,18,21). The summed E-state index contributed by atoms with van der Waals surface area (Å²) >= 11 is 0. The van der Waals surface area contributed by atoms with Crippen molar-refractivity contribution in [3.05, 3.63) is 35.4 Å². The summed E-state index contributed by atoms with van der Waals surface area (Å²) in [7, 11) is 0. The Morgan fingerprint density at radius 2 is 1.81 bits per heavy atom.